The van der Waals surface area contributed by atoms with Gasteiger partial charge >= 0.3 is 5.97 Å². The van der Waals surface area contributed by atoms with Crippen LogP contribution in [0.2, 0.25) is 0 Å². The van der Waals surface area contributed by atoms with Crippen molar-refractivity contribution in [2.24, 2.45) is 5.92 Å². The van der Waals surface area contributed by atoms with Gasteiger partial charge in [0, 0.05) is 18.2 Å². The molecule has 0 radical (unpaired) electrons. The fourth-order valence-corrected chi connectivity index (χ4v) is 3.88. The van der Waals surface area contributed by atoms with Gasteiger partial charge in [0.15, 0.2) is 0 Å². The summed E-state index contributed by atoms with van der Waals surface area (Å²) >= 11 is 0. The van der Waals surface area contributed by atoms with Gasteiger partial charge in [-0.25, -0.2) is 0 Å². The summed E-state index contributed by atoms with van der Waals surface area (Å²) in [6, 6.07) is 6.90. The maximum atomic E-state index is 12.9. The Balaban J connectivity index is 1.78. The second-order valence-electron chi connectivity index (χ2n) is 6.94. The summed E-state index contributed by atoms with van der Waals surface area (Å²) in [4.78, 5) is 36.4. The van der Waals surface area contributed by atoms with Gasteiger partial charge in [-0.15, -0.1) is 0 Å². The molecule has 6 heteroatoms. The van der Waals surface area contributed by atoms with Crippen LogP contribution in [0.1, 0.15) is 56.4 Å². The lowest BCUT2D eigenvalue weighted by Crippen LogP contribution is -2.46. The van der Waals surface area contributed by atoms with Gasteiger partial charge in [0.2, 0.25) is 11.8 Å². The van der Waals surface area contributed by atoms with E-state index < -0.39 is 17.8 Å². The number of hydrogen-bond acceptors (Lipinski definition) is 3. The molecule has 1 saturated carbocycles. The van der Waals surface area contributed by atoms with Crippen molar-refractivity contribution in [2.75, 3.05) is 5.32 Å². The molecule has 6 nitrogen and oxygen atoms in total. The van der Waals surface area contributed by atoms with E-state index in [1.807, 2.05) is 18.2 Å². The number of fused-ring (bicyclic) bond motifs is 1. The van der Waals surface area contributed by atoms with Crippen LogP contribution >= 0.6 is 0 Å². The summed E-state index contributed by atoms with van der Waals surface area (Å²) in [5.41, 5.74) is 1.45. The zero-order chi connectivity index (χ0) is 17.8. The molecule has 3 N–H and O–H groups in total. The second-order valence-corrected chi connectivity index (χ2v) is 6.94. The Labute approximate surface area is 147 Å². The van der Waals surface area contributed by atoms with Crippen LogP contribution < -0.4 is 10.6 Å². The Morgan fingerprint density at radius 2 is 1.80 bits per heavy atom. The van der Waals surface area contributed by atoms with E-state index in [-0.39, 0.29) is 24.3 Å². The molecule has 25 heavy (non-hydrogen) atoms. The first-order valence-electron chi connectivity index (χ1n) is 8.98. The van der Waals surface area contributed by atoms with Crippen molar-refractivity contribution in [1.29, 1.82) is 0 Å². The quantitative estimate of drug-likeness (QED) is 0.785. The molecule has 1 aliphatic heterocycles. The van der Waals surface area contributed by atoms with Crippen LogP contribution in [0.5, 0.6) is 0 Å². The van der Waals surface area contributed by atoms with Crippen LogP contribution in [-0.2, 0) is 14.4 Å². The molecule has 1 fully saturated rings. The molecule has 1 aromatic carbocycles. The average Bonchev–Trinajstić information content (AvgIpc) is 2.56. The van der Waals surface area contributed by atoms with Crippen molar-refractivity contribution in [3.63, 3.8) is 0 Å². The van der Waals surface area contributed by atoms with E-state index in [1.54, 1.807) is 6.07 Å². The van der Waals surface area contributed by atoms with Crippen molar-refractivity contribution < 1.29 is 19.5 Å². The van der Waals surface area contributed by atoms with Crippen LogP contribution in [0, 0.1) is 5.92 Å². The van der Waals surface area contributed by atoms with Crippen molar-refractivity contribution in [2.45, 2.75) is 56.9 Å². The highest BCUT2D eigenvalue weighted by Gasteiger charge is 2.35. The lowest BCUT2D eigenvalue weighted by molar-refractivity contribution is -0.143. The molecule has 0 bridgehead atoms. The number of rotatable bonds is 3. The molecule has 3 atom stereocenters. The minimum Gasteiger partial charge on any atom is -0.481 e. The topological polar surface area (TPSA) is 95.5 Å². The summed E-state index contributed by atoms with van der Waals surface area (Å²) in [6.45, 7) is 0. The molecule has 134 valence electrons. The third-order valence-corrected chi connectivity index (χ3v) is 5.23. The molecule has 1 heterocycles. The first-order chi connectivity index (χ1) is 12.1. The highest BCUT2D eigenvalue weighted by atomic mass is 16.4. The molecule has 3 rings (SSSR count). The highest BCUT2D eigenvalue weighted by molar-refractivity contribution is 6.01. The van der Waals surface area contributed by atoms with Crippen LogP contribution in [0.25, 0.3) is 0 Å². The molecule has 0 saturated heterocycles. The van der Waals surface area contributed by atoms with Gasteiger partial charge in [-0.1, -0.05) is 43.9 Å². The summed E-state index contributed by atoms with van der Waals surface area (Å²) < 4.78 is 0. The molecule has 0 aromatic heterocycles. The fourth-order valence-electron chi connectivity index (χ4n) is 3.88. The zero-order valence-electron chi connectivity index (χ0n) is 14.2. The predicted molar refractivity (Wildman–Crippen MR) is 93.2 cm³/mol. The van der Waals surface area contributed by atoms with Gasteiger partial charge in [-0.3, -0.25) is 14.4 Å². The Morgan fingerprint density at radius 1 is 1.08 bits per heavy atom. The number of nitrogens with one attached hydrogen (secondary N) is 2. The van der Waals surface area contributed by atoms with E-state index in [4.69, 9.17) is 0 Å². The van der Waals surface area contributed by atoms with Gasteiger partial charge in [-0.05, 0) is 24.5 Å². The first kappa shape index (κ1) is 17.5. The van der Waals surface area contributed by atoms with E-state index in [9.17, 15) is 19.5 Å². The predicted octanol–water partition coefficient (Wildman–Crippen LogP) is 2.65. The van der Waals surface area contributed by atoms with E-state index in [2.05, 4.69) is 10.6 Å². The van der Waals surface area contributed by atoms with Gasteiger partial charge in [0.05, 0.1) is 11.8 Å². The SMILES string of the molecule is O=C1CC(C(=O)NC2CCCCCCC2C(=O)O)c2ccccc2N1. The largest absolute Gasteiger partial charge is 0.481 e. The molecule has 2 amide bonds. The number of amides is 2. The third-order valence-electron chi connectivity index (χ3n) is 5.23. The summed E-state index contributed by atoms with van der Waals surface area (Å²) in [7, 11) is 0. The second kappa shape index (κ2) is 7.68. The molecule has 2 aliphatic rings. The van der Waals surface area contributed by atoms with Crippen molar-refractivity contribution in [3.8, 4) is 0 Å². The number of aliphatic carboxylic acids is 1. The number of carboxylic acid groups (broad SMARTS) is 1. The molecular weight excluding hydrogens is 320 g/mol. The Hall–Kier alpha value is -2.37. The van der Waals surface area contributed by atoms with Crippen LogP contribution in [0.3, 0.4) is 0 Å². The number of carbonyl (C=O) groups is 3. The maximum absolute atomic E-state index is 12.9. The van der Waals surface area contributed by atoms with E-state index in [0.717, 1.165) is 31.2 Å². The highest BCUT2D eigenvalue weighted by Crippen LogP contribution is 2.33. The van der Waals surface area contributed by atoms with Crippen molar-refractivity contribution >= 4 is 23.5 Å². The number of para-hydroxylation sites is 1. The normalized spacial score (nSPS) is 26.6. The van der Waals surface area contributed by atoms with E-state index in [0.29, 0.717) is 18.5 Å². The van der Waals surface area contributed by atoms with Crippen molar-refractivity contribution in [3.05, 3.63) is 29.8 Å². The molecule has 1 aromatic rings. The van der Waals surface area contributed by atoms with Crippen LogP contribution in [0.4, 0.5) is 5.69 Å². The molecule has 1 aliphatic carbocycles. The average molecular weight is 344 g/mol. The fraction of sp³-hybridized carbons (Fsp3) is 0.526. The Kier molecular flexibility index (Phi) is 5.36. The van der Waals surface area contributed by atoms with Gasteiger partial charge in [0.1, 0.15) is 0 Å². The maximum Gasteiger partial charge on any atom is 0.308 e. The molecular formula is C19H24N2O4. The number of benzene rings is 1. The minimum atomic E-state index is -0.853. The summed E-state index contributed by atoms with van der Waals surface area (Å²) in [6.07, 6.45) is 5.24. The number of carbonyl (C=O) groups excluding carboxylic acids is 2. The zero-order valence-corrected chi connectivity index (χ0v) is 14.2. The standard InChI is InChI=1S/C19H24N2O4/c22-17-11-14(12-7-5-6-10-15(12)20-17)18(23)21-16-9-4-2-1-3-8-13(16)19(24)25/h5-7,10,13-14,16H,1-4,8-9,11H2,(H,20,22)(H,21,23)(H,24,25). The number of carboxylic acids is 1. The van der Waals surface area contributed by atoms with Gasteiger partial charge in [-0.2, -0.15) is 0 Å². The lowest BCUT2D eigenvalue weighted by atomic mass is 9.85. The van der Waals surface area contributed by atoms with E-state index in [1.165, 1.54) is 0 Å². The van der Waals surface area contributed by atoms with Gasteiger partial charge in [0.25, 0.3) is 0 Å². The monoisotopic (exact) mass is 344 g/mol. The van der Waals surface area contributed by atoms with Crippen LogP contribution in [0.15, 0.2) is 24.3 Å². The summed E-state index contributed by atoms with van der Waals surface area (Å²) in [5.74, 6) is -2.42. The van der Waals surface area contributed by atoms with Crippen molar-refractivity contribution in [1.82, 2.24) is 5.32 Å². The Bertz CT molecular complexity index is 673. The first-order valence-corrected chi connectivity index (χ1v) is 8.98. The number of hydrogen-bond donors (Lipinski definition) is 3. The lowest BCUT2D eigenvalue weighted by Gasteiger charge is -2.30. The third kappa shape index (κ3) is 4.00. The smallest absolute Gasteiger partial charge is 0.308 e. The molecule has 3 unspecified atom stereocenters. The number of anilines is 1. The van der Waals surface area contributed by atoms with Gasteiger partial charge < -0.3 is 15.7 Å². The Morgan fingerprint density at radius 3 is 2.56 bits per heavy atom. The molecule has 0 spiro atoms. The van der Waals surface area contributed by atoms with E-state index >= 15 is 0 Å². The summed E-state index contributed by atoms with van der Waals surface area (Å²) in [5, 5.41) is 15.3. The minimum absolute atomic E-state index is 0.0906. The van der Waals surface area contributed by atoms with Crippen LogP contribution in [-0.4, -0.2) is 28.9 Å².